The van der Waals surface area contributed by atoms with Gasteiger partial charge in [0.2, 0.25) is 0 Å². The Labute approximate surface area is 263 Å². The standard InChI is InChI=1S/C41H25N3O2/c45-37-24-27(30-23-22-26-12-4-5-15-29(26)40(30)46-37)25-42-36-21-11-10-20-35(36)41-43-38-33-18-8-6-16-31(33)32-17-7-9-19-34(32)39(38)44(41)28-13-2-1-3-14-28/h1-25H. The minimum absolute atomic E-state index is 0.414. The third kappa shape index (κ3) is 4.06. The predicted octanol–water partition coefficient (Wildman–Crippen LogP) is 10.0. The van der Waals surface area contributed by atoms with Crippen LogP contribution in [-0.4, -0.2) is 15.8 Å². The van der Waals surface area contributed by atoms with Gasteiger partial charge in [-0.1, -0.05) is 109 Å². The molecule has 7 aromatic carbocycles. The van der Waals surface area contributed by atoms with E-state index >= 15 is 0 Å². The zero-order chi connectivity index (χ0) is 30.6. The quantitative estimate of drug-likeness (QED) is 0.116. The van der Waals surface area contributed by atoms with Gasteiger partial charge in [0.1, 0.15) is 11.4 Å². The molecule has 0 aliphatic carbocycles. The molecule has 0 amide bonds. The van der Waals surface area contributed by atoms with Crippen LogP contribution in [0.1, 0.15) is 5.56 Å². The summed E-state index contributed by atoms with van der Waals surface area (Å²) in [5.74, 6) is 0.791. The second-order valence-electron chi connectivity index (χ2n) is 11.4. The van der Waals surface area contributed by atoms with E-state index in [-0.39, 0.29) is 0 Å². The summed E-state index contributed by atoms with van der Waals surface area (Å²) in [7, 11) is 0. The Bertz CT molecular complexity index is 2720. The highest BCUT2D eigenvalue weighted by molar-refractivity contribution is 6.24. The Hall–Kier alpha value is -6.33. The Balaban J connectivity index is 1.31. The normalized spacial score (nSPS) is 11.9. The van der Waals surface area contributed by atoms with Gasteiger partial charge in [-0.25, -0.2) is 9.78 Å². The first-order chi connectivity index (χ1) is 22.7. The summed E-state index contributed by atoms with van der Waals surface area (Å²) in [4.78, 5) is 23.1. The summed E-state index contributed by atoms with van der Waals surface area (Å²) in [6.07, 6.45) is 1.76. The molecule has 0 aliphatic heterocycles. The number of hydrogen-bond donors (Lipinski definition) is 0. The van der Waals surface area contributed by atoms with E-state index in [1.54, 1.807) is 6.21 Å². The van der Waals surface area contributed by atoms with Crippen LogP contribution in [0.3, 0.4) is 0 Å². The molecule has 5 nitrogen and oxygen atoms in total. The lowest BCUT2D eigenvalue weighted by Crippen LogP contribution is -2.00. The molecule has 5 heteroatoms. The zero-order valence-corrected chi connectivity index (χ0v) is 24.6. The number of aliphatic imine (C=N–C) groups is 1. The number of benzene rings is 7. The summed E-state index contributed by atoms with van der Waals surface area (Å²) in [5, 5.41) is 7.32. The molecular weight excluding hydrogens is 566 g/mol. The number of hydrogen-bond acceptors (Lipinski definition) is 4. The topological polar surface area (TPSA) is 60.4 Å². The SMILES string of the molecule is O=c1cc(C=Nc2ccccc2-c2nc3c4ccccc4c4ccccc4c3n2-c2ccccc2)c2ccc3ccccc3c2o1. The third-order valence-corrected chi connectivity index (χ3v) is 8.70. The van der Waals surface area contributed by atoms with Crippen molar-refractivity contribution in [2.75, 3.05) is 0 Å². The van der Waals surface area contributed by atoms with Crippen molar-refractivity contribution in [3.8, 4) is 17.1 Å². The molecule has 0 saturated carbocycles. The molecule has 216 valence electrons. The van der Waals surface area contributed by atoms with E-state index in [0.29, 0.717) is 11.1 Å². The number of fused-ring (bicyclic) bond motifs is 9. The van der Waals surface area contributed by atoms with Crippen LogP contribution in [0.5, 0.6) is 0 Å². The number of nitrogens with zero attached hydrogens (tertiary/aromatic N) is 3. The average molecular weight is 592 g/mol. The summed E-state index contributed by atoms with van der Waals surface area (Å²) in [6, 6.07) is 48.8. The lowest BCUT2D eigenvalue weighted by atomic mass is 10.00. The van der Waals surface area contributed by atoms with Crippen LogP contribution in [0.4, 0.5) is 5.69 Å². The molecule has 0 bridgehead atoms. The molecule has 0 unspecified atom stereocenters. The fourth-order valence-corrected chi connectivity index (χ4v) is 6.65. The number of rotatable bonds is 4. The number of aromatic nitrogens is 2. The van der Waals surface area contributed by atoms with Crippen LogP contribution in [0.25, 0.3) is 71.4 Å². The first kappa shape index (κ1) is 26.1. The van der Waals surface area contributed by atoms with Crippen LogP contribution in [0.2, 0.25) is 0 Å². The smallest absolute Gasteiger partial charge is 0.336 e. The van der Waals surface area contributed by atoms with Crippen LogP contribution in [0.15, 0.2) is 160 Å². The van der Waals surface area contributed by atoms with Gasteiger partial charge >= 0.3 is 5.63 Å². The van der Waals surface area contributed by atoms with Gasteiger partial charge in [-0.3, -0.25) is 9.56 Å². The highest BCUT2D eigenvalue weighted by atomic mass is 16.4. The molecule has 2 heterocycles. The molecule has 46 heavy (non-hydrogen) atoms. The second kappa shape index (κ2) is 10.4. The predicted molar refractivity (Wildman–Crippen MR) is 189 cm³/mol. The molecule has 2 aromatic heterocycles. The molecule has 9 rings (SSSR count). The van der Waals surface area contributed by atoms with Crippen LogP contribution < -0.4 is 5.63 Å². The van der Waals surface area contributed by atoms with Gasteiger partial charge in [0.25, 0.3) is 0 Å². The zero-order valence-electron chi connectivity index (χ0n) is 24.6. The largest absolute Gasteiger partial charge is 0.422 e. The Morgan fingerprint density at radius 1 is 0.609 bits per heavy atom. The van der Waals surface area contributed by atoms with E-state index in [9.17, 15) is 4.79 Å². The Morgan fingerprint density at radius 2 is 1.26 bits per heavy atom. The van der Waals surface area contributed by atoms with Crippen molar-refractivity contribution < 1.29 is 4.42 Å². The molecule has 0 fully saturated rings. The molecule has 0 N–H and O–H groups in total. The fraction of sp³-hybridized carbons (Fsp3) is 0. The molecule has 0 spiro atoms. The summed E-state index contributed by atoms with van der Waals surface area (Å²) >= 11 is 0. The Morgan fingerprint density at radius 3 is 2.09 bits per heavy atom. The summed E-state index contributed by atoms with van der Waals surface area (Å²) in [6.45, 7) is 0. The van der Waals surface area contributed by atoms with Crippen molar-refractivity contribution in [1.29, 1.82) is 0 Å². The lowest BCUT2D eigenvalue weighted by Gasteiger charge is -2.13. The summed E-state index contributed by atoms with van der Waals surface area (Å²) < 4.78 is 7.95. The van der Waals surface area contributed by atoms with Gasteiger partial charge in [0, 0.05) is 50.6 Å². The van der Waals surface area contributed by atoms with E-state index in [4.69, 9.17) is 14.4 Å². The molecule has 0 atom stereocenters. The van der Waals surface area contributed by atoms with Crippen molar-refractivity contribution in [3.63, 3.8) is 0 Å². The molecule has 9 aromatic rings. The van der Waals surface area contributed by atoms with Gasteiger partial charge in [-0.05, 0) is 46.5 Å². The summed E-state index contributed by atoms with van der Waals surface area (Å²) in [5.41, 5.74) is 5.46. The van der Waals surface area contributed by atoms with Gasteiger partial charge in [0.15, 0.2) is 0 Å². The maximum Gasteiger partial charge on any atom is 0.336 e. The molecular formula is C41H25N3O2. The van der Waals surface area contributed by atoms with E-state index < -0.39 is 5.63 Å². The molecule has 0 saturated heterocycles. The third-order valence-electron chi connectivity index (χ3n) is 8.70. The van der Waals surface area contributed by atoms with Gasteiger partial charge in [-0.15, -0.1) is 0 Å². The van der Waals surface area contributed by atoms with Crippen molar-refractivity contribution in [2.45, 2.75) is 0 Å². The first-order valence-electron chi connectivity index (χ1n) is 15.2. The number of imidazole rings is 1. The molecule has 0 radical (unpaired) electrons. The highest BCUT2D eigenvalue weighted by Gasteiger charge is 2.21. The number of para-hydroxylation sites is 2. The van der Waals surface area contributed by atoms with Gasteiger partial charge in [0.05, 0.1) is 16.7 Å². The van der Waals surface area contributed by atoms with Crippen LogP contribution in [-0.2, 0) is 0 Å². The van der Waals surface area contributed by atoms with Gasteiger partial charge < -0.3 is 4.42 Å². The monoisotopic (exact) mass is 591 g/mol. The van der Waals surface area contributed by atoms with E-state index in [1.165, 1.54) is 16.8 Å². The maximum atomic E-state index is 12.7. The van der Waals surface area contributed by atoms with Crippen molar-refractivity contribution in [2.24, 2.45) is 4.99 Å². The highest BCUT2D eigenvalue weighted by Crippen LogP contribution is 2.41. The second-order valence-corrected chi connectivity index (χ2v) is 11.4. The van der Waals surface area contributed by atoms with Crippen molar-refractivity contribution in [1.82, 2.24) is 9.55 Å². The van der Waals surface area contributed by atoms with E-state index in [0.717, 1.165) is 60.7 Å². The van der Waals surface area contributed by atoms with Crippen molar-refractivity contribution >= 4 is 66.2 Å². The van der Waals surface area contributed by atoms with E-state index in [1.807, 2.05) is 72.8 Å². The average Bonchev–Trinajstić information content (AvgIpc) is 3.52. The first-order valence-corrected chi connectivity index (χ1v) is 15.2. The van der Waals surface area contributed by atoms with E-state index in [2.05, 4.69) is 71.3 Å². The van der Waals surface area contributed by atoms with Crippen LogP contribution >= 0.6 is 0 Å². The minimum Gasteiger partial charge on any atom is -0.422 e. The lowest BCUT2D eigenvalue weighted by molar-refractivity contribution is 0.564. The van der Waals surface area contributed by atoms with Crippen molar-refractivity contribution in [3.05, 3.63) is 162 Å². The minimum atomic E-state index is -0.414. The fourth-order valence-electron chi connectivity index (χ4n) is 6.65. The van der Waals surface area contributed by atoms with Gasteiger partial charge in [-0.2, -0.15) is 0 Å². The molecule has 0 aliphatic rings. The van der Waals surface area contributed by atoms with Crippen LogP contribution in [0, 0.1) is 0 Å². The Kier molecular flexibility index (Phi) is 5.90. The maximum absolute atomic E-state index is 12.7.